The molecular formula is C23H25N3O5. The molecule has 1 aromatic carbocycles. The van der Waals surface area contributed by atoms with E-state index in [9.17, 15) is 14.7 Å². The Labute approximate surface area is 180 Å². The summed E-state index contributed by atoms with van der Waals surface area (Å²) in [6.45, 7) is 3.80. The lowest BCUT2D eigenvalue weighted by atomic mass is 9.98. The van der Waals surface area contributed by atoms with Crippen molar-refractivity contribution in [2.24, 2.45) is 0 Å². The van der Waals surface area contributed by atoms with Gasteiger partial charge >= 0.3 is 0 Å². The number of morpholine rings is 1. The molecule has 8 heteroatoms. The van der Waals surface area contributed by atoms with Crippen LogP contribution in [0.2, 0.25) is 0 Å². The Morgan fingerprint density at radius 1 is 1.13 bits per heavy atom. The zero-order valence-corrected chi connectivity index (χ0v) is 17.4. The number of rotatable bonds is 6. The van der Waals surface area contributed by atoms with Crippen molar-refractivity contribution in [2.45, 2.75) is 6.04 Å². The standard InChI is InChI=1S/C23H25N3O5/c1-30-18-8-3-2-6-16(18)21(27)19-20(17-7-4-5-9-24-17)26(23(29)22(19)28)11-10-25-12-14-31-15-13-25/h2-9,20,27H,10-15H2,1H3/b21-19+. The molecule has 0 aliphatic carbocycles. The van der Waals surface area contributed by atoms with Gasteiger partial charge < -0.3 is 19.5 Å². The number of carbonyl (C=O) groups is 2. The molecule has 0 saturated carbocycles. The molecule has 2 aliphatic heterocycles. The molecule has 1 unspecified atom stereocenters. The third-order valence-corrected chi connectivity index (χ3v) is 5.63. The predicted molar refractivity (Wildman–Crippen MR) is 113 cm³/mol. The Morgan fingerprint density at radius 3 is 2.58 bits per heavy atom. The second-order valence-electron chi connectivity index (χ2n) is 7.40. The third kappa shape index (κ3) is 4.17. The van der Waals surface area contributed by atoms with Crippen LogP contribution in [-0.2, 0) is 14.3 Å². The zero-order valence-electron chi connectivity index (χ0n) is 17.4. The molecule has 2 aliphatic rings. The maximum atomic E-state index is 13.1. The van der Waals surface area contributed by atoms with E-state index in [2.05, 4.69) is 9.88 Å². The first-order valence-corrected chi connectivity index (χ1v) is 10.2. The first-order valence-electron chi connectivity index (χ1n) is 10.2. The van der Waals surface area contributed by atoms with Crippen LogP contribution in [0, 0.1) is 0 Å². The molecule has 162 valence electrons. The zero-order chi connectivity index (χ0) is 21.8. The van der Waals surface area contributed by atoms with Crippen LogP contribution in [-0.4, -0.2) is 78.1 Å². The summed E-state index contributed by atoms with van der Waals surface area (Å²) < 4.78 is 10.7. The van der Waals surface area contributed by atoms with Crippen LogP contribution >= 0.6 is 0 Å². The highest BCUT2D eigenvalue weighted by Gasteiger charge is 2.46. The Kier molecular flexibility index (Phi) is 6.29. The molecular weight excluding hydrogens is 398 g/mol. The van der Waals surface area contributed by atoms with Crippen molar-refractivity contribution in [1.29, 1.82) is 0 Å². The van der Waals surface area contributed by atoms with Crippen molar-refractivity contribution >= 4 is 17.4 Å². The number of para-hydroxylation sites is 1. The highest BCUT2D eigenvalue weighted by atomic mass is 16.5. The van der Waals surface area contributed by atoms with E-state index in [1.165, 1.54) is 12.0 Å². The molecule has 0 radical (unpaired) electrons. The summed E-state index contributed by atoms with van der Waals surface area (Å²) in [5.74, 6) is -1.21. The molecule has 1 N–H and O–H groups in total. The van der Waals surface area contributed by atoms with Gasteiger partial charge in [0.1, 0.15) is 17.6 Å². The molecule has 3 heterocycles. The van der Waals surface area contributed by atoms with E-state index in [0.717, 1.165) is 13.1 Å². The van der Waals surface area contributed by atoms with Gasteiger partial charge in [-0.1, -0.05) is 18.2 Å². The van der Waals surface area contributed by atoms with E-state index in [0.29, 0.717) is 43.3 Å². The number of hydrogen-bond donors (Lipinski definition) is 1. The van der Waals surface area contributed by atoms with Crippen LogP contribution in [0.4, 0.5) is 0 Å². The molecule has 4 rings (SSSR count). The van der Waals surface area contributed by atoms with Gasteiger partial charge in [0.15, 0.2) is 0 Å². The van der Waals surface area contributed by atoms with Crippen LogP contribution in [0.25, 0.3) is 5.76 Å². The topological polar surface area (TPSA) is 92.2 Å². The van der Waals surface area contributed by atoms with Gasteiger partial charge in [-0.15, -0.1) is 0 Å². The van der Waals surface area contributed by atoms with Crippen molar-refractivity contribution in [1.82, 2.24) is 14.8 Å². The average molecular weight is 423 g/mol. The molecule has 31 heavy (non-hydrogen) atoms. The second-order valence-corrected chi connectivity index (χ2v) is 7.40. The Hall–Kier alpha value is -3.23. The minimum atomic E-state index is -0.771. The lowest BCUT2D eigenvalue weighted by Crippen LogP contribution is -2.42. The number of amides is 1. The number of methoxy groups -OCH3 is 1. The molecule has 1 amide bonds. The average Bonchev–Trinajstić information content (AvgIpc) is 3.08. The number of pyridine rings is 1. The summed E-state index contributed by atoms with van der Waals surface area (Å²) in [5, 5.41) is 11.1. The molecule has 1 atom stereocenters. The van der Waals surface area contributed by atoms with Gasteiger partial charge in [-0.25, -0.2) is 0 Å². The molecule has 1 aromatic heterocycles. The number of hydrogen-bond acceptors (Lipinski definition) is 7. The van der Waals surface area contributed by atoms with E-state index < -0.39 is 17.7 Å². The van der Waals surface area contributed by atoms with E-state index in [1.54, 1.807) is 48.7 Å². The smallest absolute Gasteiger partial charge is 0.295 e. The Morgan fingerprint density at radius 2 is 1.87 bits per heavy atom. The number of ether oxygens (including phenoxy) is 2. The maximum Gasteiger partial charge on any atom is 0.295 e. The Balaban J connectivity index is 1.74. The van der Waals surface area contributed by atoms with Crippen LogP contribution in [0.5, 0.6) is 5.75 Å². The minimum Gasteiger partial charge on any atom is -0.507 e. The van der Waals surface area contributed by atoms with Gasteiger partial charge in [-0.3, -0.25) is 19.5 Å². The number of carbonyl (C=O) groups excluding carboxylic acids is 2. The van der Waals surface area contributed by atoms with Gasteiger partial charge in [0.25, 0.3) is 11.7 Å². The largest absolute Gasteiger partial charge is 0.507 e. The van der Waals surface area contributed by atoms with Gasteiger partial charge in [-0.05, 0) is 24.3 Å². The number of benzene rings is 1. The molecule has 0 bridgehead atoms. The van der Waals surface area contributed by atoms with E-state index >= 15 is 0 Å². The number of aliphatic hydroxyl groups excluding tert-OH is 1. The highest BCUT2D eigenvalue weighted by molar-refractivity contribution is 6.46. The van der Waals surface area contributed by atoms with Crippen LogP contribution in [0.15, 0.2) is 54.2 Å². The summed E-state index contributed by atoms with van der Waals surface area (Å²) in [5.41, 5.74) is 0.910. The summed E-state index contributed by atoms with van der Waals surface area (Å²) in [7, 11) is 1.49. The summed E-state index contributed by atoms with van der Waals surface area (Å²) in [4.78, 5) is 34.1. The summed E-state index contributed by atoms with van der Waals surface area (Å²) in [6.07, 6.45) is 1.61. The lowest BCUT2D eigenvalue weighted by Gasteiger charge is -2.30. The number of aromatic nitrogens is 1. The molecule has 0 spiro atoms. The molecule has 2 aromatic rings. The molecule has 2 saturated heterocycles. The predicted octanol–water partition coefficient (Wildman–Crippen LogP) is 1.84. The van der Waals surface area contributed by atoms with Gasteiger partial charge in [0.05, 0.1) is 37.2 Å². The SMILES string of the molecule is COc1ccccc1/C(O)=C1\C(=O)C(=O)N(CCN2CCOCC2)C1c1ccccn1. The van der Waals surface area contributed by atoms with E-state index in [1.807, 2.05) is 0 Å². The van der Waals surface area contributed by atoms with Crippen molar-refractivity contribution in [3.05, 3.63) is 65.5 Å². The van der Waals surface area contributed by atoms with Crippen molar-refractivity contribution in [2.75, 3.05) is 46.5 Å². The maximum absolute atomic E-state index is 13.1. The normalized spacial score (nSPS) is 21.5. The van der Waals surface area contributed by atoms with Crippen LogP contribution in [0.3, 0.4) is 0 Å². The fraction of sp³-hybridized carbons (Fsp3) is 0.348. The lowest BCUT2D eigenvalue weighted by molar-refractivity contribution is -0.140. The number of ketones is 1. The van der Waals surface area contributed by atoms with Crippen molar-refractivity contribution in [3.8, 4) is 5.75 Å². The summed E-state index contributed by atoms with van der Waals surface area (Å²) in [6, 6.07) is 11.4. The van der Waals surface area contributed by atoms with E-state index in [4.69, 9.17) is 9.47 Å². The Bertz CT molecular complexity index is 986. The first kappa shape index (κ1) is 21.0. The number of Topliss-reactive ketones (excluding diaryl/α,β-unsaturated/α-hetero) is 1. The van der Waals surface area contributed by atoms with Crippen molar-refractivity contribution in [3.63, 3.8) is 0 Å². The van der Waals surface area contributed by atoms with Crippen molar-refractivity contribution < 1.29 is 24.2 Å². The van der Waals surface area contributed by atoms with Gasteiger partial charge in [-0.2, -0.15) is 0 Å². The number of likely N-dealkylation sites (tertiary alicyclic amines) is 1. The monoisotopic (exact) mass is 423 g/mol. The quantitative estimate of drug-likeness (QED) is 0.431. The number of nitrogens with zero attached hydrogens (tertiary/aromatic N) is 3. The molecule has 8 nitrogen and oxygen atoms in total. The van der Waals surface area contributed by atoms with Crippen LogP contribution < -0.4 is 4.74 Å². The minimum absolute atomic E-state index is 0.0233. The number of aliphatic hydroxyl groups is 1. The molecule has 2 fully saturated rings. The first-order chi connectivity index (χ1) is 15.1. The fourth-order valence-corrected chi connectivity index (χ4v) is 4.02. The van der Waals surface area contributed by atoms with Crippen LogP contribution in [0.1, 0.15) is 17.3 Å². The summed E-state index contributed by atoms with van der Waals surface area (Å²) >= 11 is 0. The van der Waals surface area contributed by atoms with Gasteiger partial charge in [0.2, 0.25) is 0 Å². The van der Waals surface area contributed by atoms with E-state index in [-0.39, 0.29) is 11.3 Å². The van der Waals surface area contributed by atoms with Gasteiger partial charge in [0, 0.05) is 32.4 Å². The second kappa shape index (κ2) is 9.28. The third-order valence-electron chi connectivity index (χ3n) is 5.63. The fourth-order valence-electron chi connectivity index (χ4n) is 4.02. The highest BCUT2D eigenvalue weighted by Crippen LogP contribution is 2.40.